The molecule has 0 saturated carbocycles. The molecule has 0 bridgehead atoms. The van der Waals surface area contributed by atoms with Crippen molar-refractivity contribution in [3.63, 3.8) is 0 Å². The molecule has 0 aliphatic heterocycles. The van der Waals surface area contributed by atoms with Crippen molar-refractivity contribution in [1.29, 1.82) is 0 Å². The zero-order valence-electron chi connectivity index (χ0n) is 10.7. The summed E-state index contributed by atoms with van der Waals surface area (Å²) >= 11 is 0. The van der Waals surface area contributed by atoms with Gasteiger partial charge in [0.05, 0.1) is 0 Å². The first-order valence-corrected chi connectivity index (χ1v) is 7.16. The molecule has 1 rings (SSSR count). The fourth-order valence-corrected chi connectivity index (χ4v) is 1.90. The van der Waals surface area contributed by atoms with Gasteiger partial charge in [-0.15, -0.1) is 0 Å². The second-order valence-electron chi connectivity index (χ2n) is 4.26. The van der Waals surface area contributed by atoms with E-state index in [1.54, 1.807) is 0 Å². The minimum absolute atomic E-state index is 0.00687. The van der Waals surface area contributed by atoms with Crippen LogP contribution in [0.4, 0.5) is 0 Å². The second-order valence-corrected chi connectivity index (χ2v) is 6.08. The summed E-state index contributed by atoms with van der Waals surface area (Å²) in [6.07, 6.45) is 0.855. The van der Waals surface area contributed by atoms with Gasteiger partial charge in [-0.1, -0.05) is 13.8 Å². The van der Waals surface area contributed by atoms with Gasteiger partial charge in [0.2, 0.25) is 5.09 Å². The largest absolute Gasteiger partial charge is 0.438 e. The van der Waals surface area contributed by atoms with E-state index < -0.39 is 15.9 Å². The molecule has 0 atom stereocenters. The van der Waals surface area contributed by atoms with E-state index >= 15 is 0 Å². The fourth-order valence-electron chi connectivity index (χ4n) is 1.25. The molecule has 1 amide bonds. The van der Waals surface area contributed by atoms with Crippen LogP contribution in [-0.4, -0.2) is 27.9 Å². The van der Waals surface area contributed by atoms with Crippen molar-refractivity contribution in [1.82, 2.24) is 10.0 Å². The molecule has 0 aromatic carbocycles. The molecule has 2 N–H and O–H groups in total. The average Bonchev–Trinajstić information content (AvgIpc) is 2.78. The van der Waals surface area contributed by atoms with E-state index in [0.29, 0.717) is 12.5 Å². The number of hydrogen-bond donors (Lipinski definition) is 2. The van der Waals surface area contributed by atoms with Crippen molar-refractivity contribution >= 4 is 15.9 Å². The maximum absolute atomic E-state index is 11.6. The fraction of sp³-hybridized carbons (Fsp3) is 0.545. The summed E-state index contributed by atoms with van der Waals surface area (Å²) in [4.78, 5) is 11.6. The van der Waals surface area contributed by atoms with Crippen LogP contribution in [0.25, 0.3) is 0 Å². The highest BCUT2D eigenvalue weighted by molar-refractivity contribution is 7.89. The summed E-state index contributed by atoms with van der Waals surface area (Å²) in [5, 5.41) is 2.40. The van der Waals surface area contributed by atoms with Crippen LogP contribution in [0, 0.1) is 5.92 Å². The van der Waals surface area contributed by atoms with Crippen LogP contribution in [0.3, 0.4) is 0 Å². The predicted molar refractivity (Wildman–Crippen MR) is 66.7 cm³/mol. The number of amides is 1. The summed E-state index contributed by atoms with van der Waals surface area (Å²) in [5.41, 5.74) is 0. The van der Waals surface area contributed by atoms with Crippen LogP contribution in [0.5, 0.6) is 0 Å². The maximum atomic E-state index is 11.6. The van der Waals surface area contributed by atoms with E-state index in [1.165, 1.54) is 19.2 Å². The molecule has 1 aromatic rings. The first kappa shape index (κ1) is 14.7. The van der Waals surface area contributed by atoms with Crippen molar-refractivity contribution in [2.75, 3.05) is 13.6 Å². The Bertz CT molecular complexity index is 505. The monoisotopic (exact) mass is 274 g/mol. The highest BCUT2D eigenvalue weighted by Gasteiger charge is 2.19. The molecule has 0 unspecified atom stereocenters. The Morgan fingerprint density at radius 1 is 1.39 bits per heavy atom. The van der Waals surface area contributed by atoms with Gasteiger partial charge in [-0.25, -0.2) is 13.1 Å². The van der Waals surface area contributed by atoms with Gasteiger partial charge in [-0.05, 0) is 31.5 Å². The first-order valence-electron chi connectivity index (χ1n) is 5.68. The van der Waals surface area contributed by atoms with Crippen molar-refractivity contribution in [2.24, 2.45) is 5.92 Å². The van der Waals surface area contributed by atoms with Crippen LogP contribution in [0.15, 0.2) is 21.6 Å². The van der Waals surface area contributed by atoms with Crippen LogP contribution in [0.1, 0.15) is 30.8 Å². The van der Waals surface area contributed by atoms with E-state index in [4.69, 9.17) is 4.42 Å². The van der Waals surface area contributed by atoms with Crippen molar-refractivity contribution in [3.8, 4) is 0 Å². The molecule has 6 nitrogen and oxygen atoms in total. The lowest BCUT2D eigenvalue weighted by Crippen LogP contribution is -2.25. The van der Waals surface area contributed by atoms with Crippen molar-refractivity contribution in [3.05, 3.63) is 17.9 Å². The van der Waals surface area contributed by atoms with Gasteiger partial charge in [0.15, 0.2) is 5.76 Å². The summed E-state index contributed by atoms with van der Waals surface area (Å²) in [6, 6.07) is 2.60. The molecular formula is C11H18N2O4S. The second kappa shape index (κ2) is 6.01. The molecular weight excluding hydrogens is 256 g/mol. The standard InChI is InChI=1S/C11H18N2O4S/c1-8(2)6-7-13-11(14)9-4-5-10(17-9)18(15,16)12-3/h4-5,8,12H,6-7H2,1-3H3,(H,13,14). The SMILES string of the molecule is CNS(=O)(=O)c1ccc(C(=O)NCCC(C)C)o1. The van der Waals surface area contributed by atoms with Gasteiger partial charge in [-0.3, -0.25) is 4.79 Å². The number of rotatable bonds is 6. The quantitative estimate of drug-likeness (QED) is 0.808. The maximum Gasteiger partial charge on any atom is 0.287 e. The van der Waals surface area contributed by atoms with Crippen LogP contribution < -0.4 is 10.0 Å². The number of hydrogen-bond acceptors (Lipinski definition) is 4. The lowest BCUT2D eigenvalue weighted by Gasteiger charge is -2.05. The minimum atomic E-state index is -3.64. The summed E-state index contributed by atoms with van der Waals surface area (Å²) < 4.78 is 29.9. The first-order chi connectivity index (χ1) is 8.36. The molecule has 0 aliphatic carbocycles. The van der Waals surface area contributed by atoms with E-state index in [1.807, 2.05) is 0 Å². The molecule has 7 heteroatoms. The average molecular weight is 274 g/mol. The van der Waals surface area contributed by atoms with E-state index in [2.05, 4.69) is 23.9 Å². The number of carbonyl (C=O) groups excluding carboxylic acids is 1. The van der Waals surface area contributed by atoms with Crippen LogP contribution >= 0.6 is 0 Å². The Morgan fingerprint density at radius 2 is 2.06 bits per heavy atom. The lowest BCUT2D eigenvalue weighted by molar-refractivity contribution is 0.0919. The molecule has 1 aromatic heterocycles. The third-order valence-electron chi connectivity index (χ3n) is 2.35. The van der Waals surface area contributed by atoms with Crippen molar-refractivity contribution in [2.45, 2.75) is 25.4 Å². The molecule has 0 aliphatic rings. The zero-order valence-corrected chi connectivity index (χ0v) is 11.5. The van der Waals surface area contributed by atoms with Gasteiger partial charge in [-0.2, -0.15) is 0 Å². The van der Waals surface area contributed by atoms with E-state index in [0.717, 1.165) is 6.42 Å². The number of nitrogens with one attached hydrogen (secondary N) is 2. The highest BCUT2D eigenvalue weighted by atomic mass is 32.2. The molecule has 0 fully saturated rings. The molecule has 1 heterocycles. The van der Waals surface area contributed by atoms with Gasteiger partial charge in [0.25, 0.3) is 15.9 Å². The lowest BCUT2D eigenvalue weighted by atomic mass is 10.1. The summed E-state index contributed by atoms with van der Waals surface area (Å²) in [7, 11) is -2.36. The van der Waals surface area contributed by atoms with Gasteiger partial charge < -0.3 is 9.73 Å². The smallest absolute Gasteiger partial charge is 0.287 e. The minimum Gasteiger partial charge on any atom is -0.438 e. The Labute approximate surface area is 107 Å². The molecule has 0 saturated heterocycles. The Balaban J connectivity index is 2.66. The topological polar surface area (TPSA) is 88.4 Å². The van der Waals surface area contributed by atoms with Gasteiger partial charge in [0, 0.05) is 6.54 Å². The molecule has 0 radical (unpaired) electrons. The number of furan rings is 1. The van der Waals surface area contributed by atoms with E-state index in [9.17, 15) is 13.2 Å². The van der Waals surface area contributed by atoms with Crippen molar-refractivity contribution < 1.29 is 17.6 Å². The zero-order chi connectivity index (χ0) is 13.8. The number of sulfonamides is 1. The molecule has 0 spiro atoms. The number of carbonyl (C=O) groups is 1. The van der Waals surface area contributed by atoms with Gasteiger partial charge in [0.1, 0.15) is 0 Å². The van der Waals surface area contributed by atoms with Gasteiger partial charge >= 0.3 is 0 Å². The normalized spacial score (nSPS) is 11.8. The van der Waals surface area contributed by atoms with E-state index in [-0.39, 0.29) is 10.9 Å². The molecule has 102 valence electrons. The Morgan fingerprint density at radius 3 is 2.61 bits per heavy atom. The Hall–Kier alpha value is -1.34. The van der Waals surface area contributed by atoms with Crippen LogP contribution in [-0.2, 0) is 10.0 Å². The third kappa shape index (κ3) is 3.85. The van der Waals surface area contributed by atoms with Crippen LogP contribution in [0.2, 0.25) is 0 Å². The Kier molecular flexibility index (Phi) is 4.92. The summed E-state index contributed by atoms with van der Waals surface area (Å²) in [6.45, 7) is 4.64. The predicted octanol–water partition coefficient (Wildman–Crippen LogP) is 0.964. The highest BCUT2D eigenvalue weighted by Crippen LogP contribution is 2.13. The summed E-state index contributed by atoms with van der Waals surface area (Å²) in [5.74, 6) is 0.0721. The third-order valence-corrected chi connectivity index (χ3v) is 3.63. The molecule has 18 heavy (non-hydrogen) atoms.